The fourth-order valence-corrected chi connectivity index (χ4v) is 3.71. The Balaban J connectivity index is 1.43. The molecule has 4 N–H and O–H groups in total. The first kappa shape index (κ1) is 17.8. The van der Waals surface area contributed by atoms with Crippen molar-refractivity contribution >= 4 is 0 Å². The van der Waals surface area contributed by atoms with Crippen LogP contribution < -0.4 is 16.2 Å². The highest BCUT2D eigenvalue weighted by Gasteiger charge is 2.28. The Hall–Kier alpha value is -0.980. The van der Waals surface area contributed by atoms with E-state index < -0.39 is 0 Å². The number of aryl methyl sites for hydroxylation is 2. The average molecular weight is 332 g/mol. The molecule has 2 saturated heterocycles. The summed E-state index contributed by atoms with van der Waals surface area (Å²) in [7, 11) is 0. The number of hydrogen-bond donors (Lipinski definition) is 4. The third kappa shape index (κ3) is 4.55. The Kier molecular flexibility index (Phi) is 6.25. The van der Waals surface area contributed by atoms with Gasteiger partial charge in [-0.3, -0.25) is 5.43 Å². The highest BCUT2D eigenvalue weighted by Crippen LogP contribution is 2.26. The van der Waals surface area contributed by atoms with Gasteiger partial charge in [0.25, 0.3) is 0 Å². The smallest absolute Gasteiger partial charge is 0.0564 e. The number of likely N-dealkylation sites (tertiary alicyclic amines) is 1. The van der Waals surface area contributed by atoms with Crippen molar-refractivity contribution in [3.05, 3.63) is 34.9 Å². The maximum absolute atomic E-state index is 9.56. The molecule has 3 rings (SSSR count). The normalized spacial score (nSPS) is 26.1. The molecule has 0 aromatic heterocycles. The summed E-state index contributed by atoms with van der Waals surface area (Å²) in [5, 5.41) is 13.2. The van der Waals surface area contributed by atoms with Crippen molar-refractivity contribution in [2.75, 3.05) is 39.3 Å². The van der Waals surface area contributed by atoms with E-state index in [4.69, 9.17) is 0 Å². The van der Waals surface area contributed by atoms with Gasteiger partial charge in [0.1, 0.15) is 0 Å². The first-order valence-corrected chi connectivity index (χ1v) is 9.30. The van der Waals surface area contributed by atoms with Gasteiger partial charge in [-0.25, -0.2) is 5.43 Å². The number of aliphatic hydroxyl groups is 1. The molecule has 5 heteroatoms. The lowest BCUT2D eigenvalue weighted by Gasteiger charge is -2.29. The zero-order chi connectivity index (χ0) is 16.9. The summed E-state index contributed by atoms with van der Waals surface area (Å²) < 4.78 is 0. The lowest BCUT2D eigenvalue weighted by atomic mass is 9.92. The minimum absolute atomic E-state index is 0.0800. The third-order valence-corrected chi connectivity index (χ3v) is 5.55. The molecule has 0 spiro atoms. The largest absolute Gasteiger partial charge is 0.393 e. The summed E-state index contributed by atoms with van der Waals surface area (Å²) in [6.07, 6.45) is 1.76. The van der Waals surface area contributed by atoms with Crippen LogP contribution in [-0.4, -0.2) is 55.4 Å². The van der Waals surface area contributed by atoms with Crippen LogP contribution in [0.4, 0.5) is 0 Å². The van der Waals surface area contributed by atoms with Crippen LogP contribution >= 0.6 is 0 Å². The molecule has 0 radical (unpaired) electrons. The van der Waals surface area contributed by atoms with Gasteiger partial charge in [-0.05, 0) is 43.4 Å². The molecule has 2 fully saturated rings. The number of nitrogens with one attached hydrogen (secondary N) is 3. The third-order valence-electron chi connectivity index (χ3n) is 5.55. The van der Waals surface area contributed by atoms with Gasteiger partial charge in [0, 0.05) is 45.2 Å². The van der Waals surface area contributed by atoms with Gasteiger partial charge in [0.15, 0.2) is 0 Å². The summed E-state index contributed by atoms with van der Waals surface area (Å²) >= 11 is 0. The lowest BCUT2D eigenvalue weighted by molar-refractivity contribution is 0.0829. The monoisotopic (exact) mass is 332 g/mol. The molecule has 0 aliphatic carbocycles. The van der Waals surface area contributed by atoms with Gasteiger partial charge in [-0.1, -0.05) is 18.2 Å². The topological polar surface area (TPSA) is 59.6 Å². The Bertz CT molecular complexity index is 528. The van der Waals surface area contributed by atoms with Crippen molar-refractivity contribution in [3.63, 3.8) is 0 Å². The molecule has 2 aliphatic rings. The molecule has 0 bridgehead atoms. The van der Waals surface area contributed by atoms with E-state index in [9.17, 15) is 5.11 Å². The molecule has 1 aromatic rings. The molecule has 24 heavy (non-hydrogen) atoms. The maximum atomic E-state index is 9.56. The van der Waals surface area contributed by atoms with Gasteiger partial charge in [0.05, 0.1) is 12.1 Å². The van der Waals surface area contributed by atoms with Crippen LogP contribution in [0.2, 0.25) is 0 Å². The van der Waals surface area contributed by atoms with E-state index in [1.807, 2.05) is 0 Å². The fraction of sp³-hybridized carbons (Fsp3) is 0.684. The minimum Gasteiger partial charge on any atom is -0.393 e. The van der Waals surface area contributed by atoms with Gasteiger partial charge in [0.2, 0.25) is 0 Å². The van der Waals surface area contributed by atoms with Gasteiger partial charge in [-0.15, -0.1) is 0 Å². The fourth-order valence-electron chi connectivity index (χ4n) is 3.71. The molecule has 1 aromatic carbocycles. The molecule has 2 aliphatic heterocycles. The Morgan fingerprint density at radius 1 is 1.21 bits per heavy atom. The van der Waals surface area contributed by atoms with Gasteiger partial charge >= 0.3 is 0 Å². The Morgan fingerprint density at radius 3 is 2.75 bits per heavy atom. The predicted molar refractivity (Wildman–Crippen MR) is 97.8 cm³/mol. The van der Waals surface area contributed by atoms with Crippen LogP contribution in [0.25, 0.3) is 0 Å². The molecule has 2 heterocycles. The summed E-state index contributed by atoms with van der Waals surface area (Å²) in [4.78, 5) is 2.45. The van der Waals surface area contributed by atoms with Crippen LogP contribution in [0.3, 0.4) is 0 Å². The Labute approximate surface area is 145 Å². The van der Waals surface area contributed by atoms with Crippen LogP contribution in [0.1, 0.15) is 35.6 Å². The number of benzene rings is 1. The van der Waals surface area contributed by atoms with E-state index in [2.05, 4.69) is 53.1 Å². The number of piperidine rings is 1. The maximum Gasteiger partial charge on any atom is 0.0564 e. The van der Waals surface area contributed by atoms with Crippen molar-refractivity contribution in [2.24, 2.45) is 5.92 Å². The summed E-state index contributed by atoms with van der Waals surface area (Å²) in [5.41, 5.74) is 10.8. The first-order valence-electron chi connectivity index (χ1n) is 9.30. The molecule has 2 unspecified atom stereocenters. The first-order chi connectivity index (χ1) is 11.6. The highest BCUT2D eigenvalue weighted by atomic mass is 16.3. The molecule has 0 amide bonds. The zero-order valence-corrected chi connectivity index (χ0v) is 15.0. The van der Waals surface area contributed by atoms with Crippen molar-refractivity contribution in [2.45, 2.75) is 38.8 Å². The quantitative estimate of drug-likeness (QED) is 0.588. The van der Waals surface area contributed by atoms with Gasteiger partial charge in [-0.2, -0.15) is 0 Å². The number of hydrazine groups is 1. The number of hydrogen-bond acceptors (Lipinski definition) is 5. The van der Waals surface area contributed by atoms with Gasteiger partial charge < -0.3 is 15.3 Å². The highest BCUT2D eigenvalue weighted by molar-refractivity contribution is 5.32. The van der Waals surface area contributed by atoms with Crippen molar-refractivity contribution < 1.29 is 5.11 Å². The molecular formula is C19H32N4O. The predicted octanol–water partition coefficient (Wildman–Crippen LogP) is 1.11. The second-order valence-corrected chi connectivity index (χ2v) is 7.38. The molecule has 134 valence electrons. The second kappa shape index (κ2) is 8.41. The van der Waals surface area contributed by atoms with Crippen LogP contribution in [0.15, 0.2) is 18.2 Å². The van der Waals surface area contributed by atoms with Crippen LogP contribution in [0.5, 0.6) is 0 Å². The molecule has 0 saturated carbocycles. The zero-order valence-electron chi connectivity index (χ0n) is 15.0. The lowest BCUT2D eigenvalue weighted by Crippen LogP contribution is -2.40. The summed E-state index contributed by atoms with van der Waals surface area (Å²) in [6, 6.07) is 7.16. The molecular weight excluding hydrogens is 300 g/mol. The van der Waals surface area contributed by atoms with E-state index in [1.54, 1.807) is 0 Å². The second-order valence-electron chi connectivity index (χ2n) is 7.38. The SMILES string of the molecule is Cc1ccc(C2NNCC2CNCCN2CCC(O)CC2)cc1C. The van der Waals surface area contributed by atoms with E-state index in [1.165, 1.54) is 16.7 Å². The van der Waals surface area contributed by atoms with Crippen molar-refractivity contribution in [1.82, 2.24) is 21.1 Å². The van der Waals surface area contributed by atoms with Crippen LogP contribution in [-0.2, 0) is 0 Å². The number of aliphatic hydroxyl groups excluding tert-OH is 1. The van der Waals surface area contributed by atoms with Crippen molar-refractivity contribution in [1.29, 1.82) is 0 Å². The van der Waals surface area contributed by atoms with E-state index in [0.29, 0.717) is 12.0 Å². The van der Waals surface area contributed by atoms with E-state index in [0.717, 1.165) is 52.1 Å². The van der Waals surface area contributed by atoms with Crippen LogP contribution in [0, 0.1) is 19.8 Å². The molecule has 5 nitrogen and oxygen atoms in total. The average Bonchev–Trinajstić information content (AvgIpc) is 3.04. The molecule has 2 atom stereocenters. The minimum atomic E-state index is -0.0800. The van der Waals surface area contributed by atoms with Crippen molar-refractivity contribution in [3.8, 4) is 0 Å². The standard InChI is InChI=1S/C19H32N4O/c1-14-3-4-16(11-15(14)2)19-17(13-21-22-19)12-20-7-10-23-8-5-18(24)6-9-23/h3-4,11,17-22,24H,5-10,12-13H2,1-2H3. The number of nitrogens with zero attached hydrogens (tertiary/aromatic N) is 1. The van der Waals surface area contributed by atoms with E-state index in [-0.39, 0.29) is 6.10 Å². The Morgan fingerprint density at radius 2 is 2.00 bits per heavy atom. The van der Waals surface area contributed by atoms with E-state index >= 15 is 0 Å². The summed E-state index contributed by atoms with van der Waals surface area (Å²) in [5.74, 6) is 0.565. The number of rotatable bonds is 6. The summed E-state index contributed by atoms with van der Waals surface area (Å²) in [6.45, 7) is 10.5.